The molecule has 1 saturated heterocycles. The minimum Gasteiger partial charge on any atom is -0.481 e. The zero-order valence-corrected chi connectivity index (χ0v) is 12.5. The van der Waals surface area contributed by atoms with Gasteiger partial charge in [-0.3, -0.25) is 4.79 Å². The molecule has 1 aliphatic heterocycles. The molecule has 2 amide bonds. The number of carboxylic acids is 1. The molecule has 1 heterocycles. The van der Waals surface area contributed by atoms with Crippen LogP contribution in [0.2, 0.25) is 0 Å². The second-order valence-electron chi connectivity index (χ2n) is 6.17. The Morgan fingerprint density at radius 3 is 2.47 bits per heavy atom. The monoisotopic (exact) mass is 270 g/mol. The van der Waals surface area contributed by atoms with Crippen LogP contribution < -0.4 is 5.32 Å². The highest BCUT2D eigenvalue weighted by atomic mass is 16.4. The summed E-state index contributed by atoms with van der Waals surface area (Å²) in [6, 6.07) is -0.147. The first-order valence-corrected chi connectivity index (χ1v) is 7.07. The third kappa shape index (κ3) is 3.61. The summed E-state index contributed by atoms with van der Waals surface area (Å²) < 4.78 is 0. The third-order valence-electron chi connectivity index (χ3n) is 4.15. The highest BCUT2D eigenvalue weighted by molar-refractivity contribution is 5.80. The average Bonchev–Trinajstić information content (AvgIpc) is 2.75. The molecule has 19 heavy (non-hydrogen) atoms. The van der Waals surface area contributed by atoms with Gasteiger partial charge in [-0.15, -0.1) is 0 Å². The van der Waals surface area contributed by atoms with Crippen molar-refractivity contribution in [2.24, 2.45) is 5.41 Å². The zero-order chi connectivity index (χ0) is 14.7. The van der Waals surface area contributed by atoms with E-state index in [1.807, 2.05) is 27.7 Å². The van der Waals surface area contributed by atoms with E-state index < -0.39 is 11.4 Å². The lowest BCUT2D eigenvalue weighted by molar-refractivity contribution is -0.148. The number of urea groups is 1. The Kier molecular flexibility index (Phi) is 4.82. The molecule has 0 bridgehead atoms. The van der Waals surface area contributed by atoms with Gasteiger partial charge in [0.2, 0.25) is 0 Å². The fourth-order valence-electron chi connectivity index (χ4n) is 2.47. The van der Waals surface area contributed by atoms with Crippen molar-refractivity contribution >= 4 is 12.0 Å². The number of nitrogens with one attached hydrogen (secondary N) is 1. The lowest BCUT2D eigenvalue weighted by Crippen LogP contribution is -2.50. The number of carbonyl (C=O) groups is 2. The highest BCUT2D eigenvalue weighted by Gasteiger charge is 2.45. The van der Waals surface area contributed by atoms with Gasteiger partial charge in [-0.1, -0.05) is 20.3 Å². The minimum atomic E-state index is -0.778. The van der Waals surface area contributed by atoms with Crippen molar-refractivity contribution in [1.82, 2.24) is 10.2 Å². The minimum absolute atomic E-state index is 0.147. The van der Waals surface area contributed by atoms with Crippen molar-refractivity contribution in [3.63, 3.8) is 0 Å². The summed E-state index contributed by atoms with van der Waals surface area (Å²) in [5.41, 5.74) is -1.00. The molecule has 1 aliphatic rings. The fourth-order valence-corrected chi connectivity index (χ4v) is 2.47. The molecule has 0 aromatic heterocycles. The topological polar surface area (TPSA) is 69.6 Å². The Balaban J connectivity index is 2.69. The summed E-state index contributed by atoms with van der Waals surface area (Å²) in [6.07, 6.45) is 2.84. The van der Waals surface area contributed by atoms with Crippen LogP contribution in [-0.4, -0.2) is 40.6 Å². The van der Waals surface area contributed by atoms with Crippen LogP contribution in [0.1, 0.15) is 53.4 Å². The van der Waals surface area contributed by atoms with Gasteiger partial charge in [0.15, 0.2) is 0 Å². The maximum absolute atomic E-state index is 12.2. The van der Waals surface area contributed by atoms with Crippen molar-refractivity contribution in [3.05, 3.63) is 0 Å². The first kappa shape index (κ1) is 15.8. The second kappa shape index (κ2) is 5.80. The number of carbonyl (C=O) groups excluding carboxylic acids is 1. The van der Waals surface area contributed by atoms with Gasteiger partial charge in [-0.25, -0.2) is 4.79 Å². The number of likely N-dealkylation sites (tertiary alicyclic amines) is 1. The normalized spacial score (nSPS) is 23.5. The van der Waals surface area contributed by atoms with E-state index in [1.165, 1.54) is 0 Å². The number of rotatable bonds is 5. The Morgan fingerprint density at radius 2 is 2.00 bits per heavy atom. The van der Waals surface area contributed by atoms with Crippen LogP contribution in [-0.2, 0) is 4.79 Å². The standard InChI is InChI=1S/C14H26N2O3/c1-5-7-14(11(17)18)8-9-16(10-14)12(19)15-13(3,4)6-2/h5-10H2,1-4H3,(H,15,19)(H,17,18). The first-order valence-electron chi connectivity index (χ1n) is 7.07. The van der Waals surface area contributed by atoms with Crippen molar-refractivity contribution in [3.8, 4) is 0 Å². The molecule has 1 fully saturated rings. The molecule has 0 aliphatic carbocycles. The molecule has 2 N–H and O–H groups in total. The van der Waals surface area contributed by atoms with Crippen LogP contribution in [0.3, 0.4) is 0 Å². The van der Waals surface area contributed by atoms with Crippen molar-refractivity contribution in [2.75, 3.05) is 13.1 Å². The lowest BCUT2D eigenvalue weighted by Gasteiger charge is -2.29. The van der Waals surface area contributed by atoms with Gasteiger partial charge in [0.05, 0.1) is 5.41 Å². The predicted octanol–water partition coefficient (Wildman–Crippen LogP) is 2.46. The summed E-state index contributed by atoms with van der Waals surface area (Å²) in [7, 11) is 0. The lowest BCUT2D eigenvalue weighted by atomic mass is 9.83. The van der Waals surface area contributed by atoms with Gasteiger partial charge in [-0.2, -0.15) is 0 Å². The molecule has 0 saturated carbocycles. The number of nitrogens with zero attached hydrogens (tertiary/aromatic N) is 1. The van der Waals surface area contributed by atoms with Gasteiger partial charge in [0.1, 0.15) is 0 Å². The van der Waals surface area contributed by atoms with Crippen LogP contribution in [0.4, 0.5) is 4.79 Å². The van der Waals surface area contributed by atoms with Crippen molar-refractivity contribution in [1.29, 1.82) is 0 Å². The van der Waals surface area contributed by atoms with E-state index in [9.17, 15) is 14.7 Å². The van der Waals surface area contributed by atoms with Crippen LogP contribution in [0.15, 0.2) is 0 Å². The maximum Gasteiger partial charge on any atom is 0.317 e. The second-order valence-corrected chi connectivity index (χ2v) is 6.17. The quantitative estimate of drug-likeness (QED) is 0.806. The smallest absolute Gasteiger partial charge is 0.317 e. The van der Waals surface area contributed by atoms with E-state index in [0.29, 0.717) is 25.9 Å². The van der Waals surface area contributed by atoms with Crippen molar-refractivity contribution < 1.29 is 14.7 Å². The Bertz CT molecular complexity index is 355. The van der Waals surface area contributed by atoms with Gasteiger partial charge in [-0.05, 0) is 33.1 Å². The molecule has 110 valence electrons. The molecule has 0 aromatic rings. The van der Waals surface area contributed by atoms with E-state index in [1.54, 1.807) is 4.90 Å². The fraction of sp³-hybridized carbons (Fsp3) is 0.857. The van der Waals surface area contributed by atoms with Gasteiger partial charge in [0.25, 0.3) is 0 Å². The van der Waals surface area contributed by atoms with E-state index in [0.717, 1.165) is 12.8 Å². The zero-order valence-electron chi connectivity index (χ0n) is 12.5. The Labute approximate surface area is 115 Å². The molecule has 1 rings (SSSR count). The number of hydrogen-bond donors (Lipinski definition) is 2. The van der Waals surface area contributed by atoms with Crippen LogP contribution >= 0.6 is 0 Å². The largest absolute Gasteiger partial charge is 0.481 e. The van der Waals surface area contributed by atoms with Gasteiger partial charge < -0.3 is 15.3 Å². The first-order chi connectivity index (χ1) is 8.76. The summed E-state index contributed by atoms with van der Waals surface area (Å²) in [5.74, 6) is -0.778. The van der Waals surface area contributed by atoms with E-state index >= 15 is 0 Å². The molecule has 0 radical (unpaired) electrons. The van der Waals surface area contributed by atoms with Crippen molar-refractivity contribution in [2.45, 2.75) is 58.9 Å². The number of carboxylic acid groups (broad SMARTS) is 1. The average molecular weight is 270 g/mol. The predicted molar refractivity (Wildman–Crippen MR) is 74.1 cm³/mol. The summed E-state index contributed by atoms with van der Waals surface area (Å²) in [5, 5.41) is 12.4. The molecular formula is C14H26N2O3. The molecular weight excluding hydrogens is 244 g/mol. The maximum atomic E-state index is 12.2. The van der Waals surface area contributed by atoms with E-state index in [4.69, 9.17) is 0 Å². The van der Waals surface area contributed by atoms with Gasteiger partial charge in [0, 0.05) is 18.6 Å². The number of amides is 2. The SMILES string of the molecule is CCCC1(C(=O)O)CCN(C(=O)NC(C)(C)CC)C1. The summed E-state index contributed by atoms with van der Waals surface area (Å²) in [4.78, 5) is 25.3. The number of hydrogen-bond acceptors (Lipinski definition) is 2. The van der Waals surface area contributed by atoms with Crippen LogP contribution in [0.5, 0.6) is 0 Å². The molecule has 1 unspecified atom stereocenters. The third-order valence-corrected chi connectivity index (χ3v) is 4.15. The molecule has 1 atom stereocenters. The summed E-state index contributed by atoms with van der Waals surface area (Å²) in [6.45, 7) is 8.78. The Hall–Kier alpha value is -1.26. The molecule has 0 aromatic carbocycles. The molecule has 5 heteroatoms. The number of aliphatic carboxylic acids is 1. The van der Waals surface area contributed by atoms with E-state index in [2.05, 4.69) is 5.32 Å². The Morgan fingerprint density at radius 1 is 1.37 bits per heavy atom. The molecule has 5 nitrogen and oxygen atoms in total. The highest BCUT2D eigenvalue weighted by Crippen LogP contribution is 2.35. The molecule has 0 spiro atoms. The summed E-state index contributed by atoms with van der Waals surface area (Å²) >= 11 is 0. The van der Waals surface area contributed by atoms with E-state index in [-0.39, 0.29) is 11.6 Å². The van der Waals surface area contributed by atoms with Gasteiger partial charge >= 0.3 is 12.0 Å². The van der Waals surface area contributed by atoms with Crippen LogP contribution in [0, 0.1) is 5.41 Å². The van der Waals surface area contributed by atoms with Crippen LogP contribution in [0.25, 0.3) is 0 Å².